The number of rotatable bonds is 9. The van der Waals surface area contributed by atoms with Crippen LogP contribution in [0.25, 0.3) is 0 Å². The van der Waals surface area contributed by atoms with Gasteiger partial charge >= 0.3 is 0 Å². The Morgan fingerprint density at radius 1 is 0.885 bits per heavy atom. The summed E-state index contributed by atoms with van der Waals surface area (Å²) in [5.41, 5.74) is 1.99. The quantitative estimate of drug-likeness (QED) is 0.592. The number of nitrogens with zero attached hydrogens (tertiary/aromatic N) is 1. The molecule has 3 aromatic rings. The molecule has 26 heavy (non-hydrogen) atoms. The molecule has 0 unspecified atom stereocenters. The van der Waals surface area contributed by atoms with E-state index in [-0.39, 0.29) is 5.82 Å². The van der Waals surface area contributed by atoms with Crippen molar-refractivity contribution in [2.24, 2.45) is 0 Å². The first-order valence-electron chi connectivity index (χ1n) is 8.51. The second kappa shape index (κ2) is 9.53. The van der Waals surface area contributed by atoms with E-state index in [0.29, 0.717) is 32.2 Å². The smallest absolute Gasteiger partial charge is 0.213 e. The van der Waals surface area contributed by atoms with E-state index in [1.807, 2.05) is 42.5 Å². The van der Waals surface area contributed by atoms with Gasteiger partial charge in [-0.15, -0.1) is 0 Å². The molecule has 0 atom stereocenters. The molecule has 0 radical (unpaired) electrons. The lowest BCUT2D eigenvalue weighted by molar-refractivity contribution is 0.294. The Morgan fingerprint density at radius 3 is 2.50 bits per heavy atom. The molecular weight excluding hydrogens is 331 g/mol. The van der Waals surface area contributed by atoms with E-state index in [1.165, 1.54) is 12.1 Å². The van der Waals surface area contributed by atoms with Gasteiger partial charge < -0.3 is 14.8 Å². The van der Waals surface area contributed by atoms with Crippen molar-refractivity contribution >= 4 is 0 Å². The number of ether oxygens (including phenoxy) is 2. The maximum Gasteiger partial charge on any atom is 0.213 e. The van der Waals surface area contributed by atoms with Crippen LogP contribution in [0.5, 0.6) is 11.6 Å². The number of hydrogen-bond acceptors (Lipinski definition) is 4. The van der Waals surface area contributed by atoms with Crippen LogP contribution in [0.2, 0.25) is 0 Å². The minimum atomic E-state index is -0.244. The van der Waals surface area contributed by atoms with Crippen molar-refractivity contribution in [1.82, 2.24) is 10.3 Å². The minimum Gasteiger partial charge on any atom is -0.489 e. The number of halogens is 1. The van der Waals surface area contributed by atoms with Crippen LogP contribution in [-0.4, -0.2) is 18.1 Å². The molecule has 1 N–H and O–H groups in total. The number of nitrogens with one attached hydrogen (secondary N) is 1. The van der Waals surface area contributed by atoms with Gasteiger partial charge in [0.05, 0.1) is 0 Å². The van der Waals surface area contributed by atoms with Crippen LogP contribution in [0.3, 0.4) is 0 Å². The topological polar surface area (TPSA) is 43.4 Å². The molecule has 2 aromatic carbocycles. The fourth-order valence-electron chi connectivity index (χ4n) is 2.42. The van der Waals surface area contributed by atoms with Crippen molar-refractivity contribution in [1.29, 1.82) is 0 Å². The van der Waals surface area contributed by atoms with Gasteiger partial charge in [-0.2, -0.15) is 0 Å². The van der Waals surface area contributed by atoms with Crippen LogP contribution in [0.15, 0.2) is 72.9 Å². The number of benzene rings is 2. The molecule has 0 aliphatic rings. The van der Waals surface area contributed by atoms with E-state index in [0.717, 1.165) is 16.9 Å². The van der Waals surface area contributed by atoms with Gasteiger partial charge in [0, 0.05) is 30.9 Å². The second-order valence-corrected chi connectivity index (χ2v) is 5.72. The summed E-state index contributed by atoms with van der Waals surface area (Å²) in [6, 6.07) is 19.8. The van der Waals surface area contributed by atoms with Gasteiger partial charge in [-0.3, -0.25) is 0 Å². The maximum absolute atomic E-state index is 13.0. The molecule has 5 heteroatoms. The van der Waals surface area contributed by atoms with E-state index in [9.17, 15) is 4.39 Å². The van der Waals surface area contributed by atoms with E-state index in [4.69, 9.17) is 9.47 Å². The van der Waals surface area contributed by atoms with Gasteiger partial charge in [-0.1, -0.05) is 36.4 Å². The number of para-hydroxylation sites is 1. The number of hydrogen-bond donors (Lipinski definition) is 1. The highest BCUT2D eigenvalue weighted by atomic mass is 19.1. The first kappa shape index (κ1) is 17.9. The van der Waals surface area contributed by atoms with Crippen LogP contribution >= 0.6 is 0 Å². The van der Waals surface area contributed by atoms with Crippen LogP contribution in [0.4, 0.5) is 4.39 Å². The fourth-order valence-corrected chi connectivity index (χ4v) is 2.42. The molecule has 0 saturated heterocycles. The third-order valence-corrected chi connectivity index (χ3v) is 3.76. The molecule has 0 bridgehead atoms. The summed E-state index contributed by atoms with van der Waals surface area (Å²) in [4.78, 5) is 4.11. The normalized spacial score (nSPS) is 10.5. The van der Waals surface area contributed by atoms with E-state index >= 15 is 0 Å². The molecule has 0 aliphatic carbocycles. The first-order chi connectivity index (χ1) is 12.8. The van der Waals surface area contributed by atoms with E-state index in [1.54, 1.807) is 18.3 Å². The Hall–Kier alpha value is -2.92. The van der Waals surface area contributed by atoms with Crippen LogP contribution in [0.1, 0.15) is 11.1 Å². The molecule has 0 fully saturated rings. The van der Waals surface area contributed by atoms with E-state index < -0.39 is 0 Å². The first-order valence-corrected chi connectivity index (χ1v) is 8.51. The van der Waals surface area contributed by atoms with Gasteiger partial charge in [0.15, 0.2) is 0 Å². The Morgan fingerprint density at radius 2 is 1.69 bits per heavy atom. The predicted octanol–water partition coefficient (Wildman–Crippen LogP) is 3.97. The van der Waals surface area contributed by atoms with Crippen molar-refractivity contribution in [3.8, 4) is 11.6 Å². The molecule has 134 valence electrons. The van der Waals surface area contributed by atoms with Crippen LogP contribution in [-0.2, 0) is 13.2 Å². The molecule has 0 amide bonds. The molecule has 0 aliphatic heterocycles. The Labute approximate surface area is 152 Å². The monoisotopic (exact) mass is 352 g/mol. The molecule has 3 rings (SSSR count). The maximum atomic E-state index is 13.0. The summed E-state index contributed by atoms with van der Waals surface area (Å²) in [6.07, 6.45) is 1.71. The Bertz CT molecular complexity index is 795. The predicted molar refractivity (Wildman–Crippen MR) is 98.6 cm³/mol. The highest BCUT2D eigenvalue weighted by Gasteiger charge is 2.04. The third-order valence-electron chi connectivity index (χ3n) is 3.76. The number of aromatic nitrogens is 1. The summed E-state index contributed by atoms with van der Waals surface area (Å²) in [5.74, 6) is 1.19. The Kier molecular flexibility index (Phi) is 6.56. The standard InChI is InChI=1S/C21H21FN2O2/c22-19-10-8-17(9-11-19)16-26-20-6-2-1-5-18(20)15-23-13-14-25-21-7-3-4-12-24-21/h1-12,23H,13-16H2. The molecule has 1 heterocycles. The summed E-state index contributed by atoms with van der Waals surface area (Å²) in [6.45, 7) is 2.31. The van der Waals surface area contributed by atoms with E-state index in [2.05, 4.69) is 10.3 Å². The summed E-state index contributed by atoms with van der Waals surface area (Å²) < 4.78 is 24.4. The SMILES string of the molecule is Fc1ccc(COc2ccccc2CNCCOc2ccccn2)cc1. The summed E-state index contributed by atoms with van der Waals surface area (Å²) in [7, 11) is 0. The zero-order valence-electron chi connectivity index (χ0n) is 14.4. The van der Waals surface area contributed by atoms with Gasteiger partial charge in [-0.05, 0) is 29.8 Å². The van der Waals surface area contributed by atoms with Gasteiger partial charge in [0.25, 0.3) is 0 Å². The molecule has 0 saturated carbocycles. The highest BCUT2D eigenvalue weighted by molar-refractivity contribution is 5.33. The largest absolute Gasteiger partial charge is 0.489 e. The van der Waals surface area contributed by atoms with Crippen molar-refractivity contribution in [3.05, 3.63) is 89.9 Å². The molecule has 4 nitrogen and oxygen atoms in total. The number of pyridine rings is 1. The van der Waals surface area contributed by atoms with Crippen molar-refractivity contribution in [2.75, 3.05) is 13.2 Å². The molecule has 0 spiro atoms. The van der Waals surface area contributed by atoms with Gasteiger partial charge in [-0.25, -0.2) is 9.37 Å². The lowest BCUT2D eigenvalue weighted by Gasteiger charge is -2.12. The minimum absolute atomic E-state index is 0.244. The Balaban J connectivity index is 1.45. The fraction of sp³-hybridized carbons (Fsp3) is 0.190. The lowest BCUT2D eigenvalue weighted by atomic mass is 10.2. The van der Waals surface area contributed by atoms with Crippen molar-refractivity contribution in [2.45, 2.75) is 13.2 Å². The molecular formula is C21H21FN2O2. The zero-order valence-corrected chi connectivity index (χ0v) is 14.4. The second-order valence-electron chi connectivity index (χ2n) is 5.72. The summed E-state index contributed by atoms with van der Waals surface area (Å²) >= 11 is 0. The average Bonchev–Trinajstić information content (AvgIpc) is 2.69. The summed E-state index contributed by atoms with van der Waals surface area (Å²) in [5, 5.41) is 3.34. The van der Waals surface area contributed by atoms with Gasteiger partial charge in [0.1, 0.15) is 24.8 Å². The van der Waals surface area contributed by atoms with Crippen molar-refractivity contribution in [3.63, 3.8) is 0 Å². The van der Waals surface area contributed by atoms with Gasteiger partial charge in [0.2, 0.25) is 5.88 Å². The highest BCUT2D eigenvalue weighted by Crippen LogP contribution is 2.19. The van der Waals surface area contributed by atoms with Crippen molar-refractivity contribution < 1.29 is 13.9 Å². The van der Waals surface area contributed by atoms with Crippen LogP contribution in [0, 0.1) is 5.82 Å². The average molecular weight is 352 g/mol. The van der Waals surface area contributed by atoms with Crippen LogP contribution < -0.4 is 14.8 Å². The molecule has 1 aromatic heterocycles. The zero-order chi connectivity index (χ0) is 18.0. The third kappa shape index (κ3) is 5.57. The lowest BCUT2D eigenvalue weighted by Crippen LogP contribution is -2.21.